The molecule has 0 bridgehead atoms. The number of nitrogens with one attached hydrogen (secondary N) is 1. The number of benzene rings is 2. The van der Waals surface area contributed by atoms with Crippen LogP contribution in [0.3, 0.4) is 0 Å². The molecule has 7 heteroatoms. The molecule has 1 aliphatic carbocycles. The van der Waals surface area contributed by atoms with Gasteiger partial charge in [0.25, 0.3) is 0 Å². The smallest absolute Gasteiger partial charge is 0.210 e. The fraction of sp³-hybridized carbons (Fsp3) is 0.269. The summed E-state index contributed by atoms with van der Waals surface area (Å²) in [7, 11) is 0. The molecule has 0 atom stereocenters. The van der Waals surface area contributed by atoms with Gasteiger partial charge >= 0.3 is 0 Å². The Balaban J connectivity index is 1.49. The summed E-state index contributed by atoms with van der Waals surface area (Å²) in [5.41, 5.74) is 7.56. The number of hydrogen-bond acceptors (Lipinski definition) is 5. The minimum atomic E-state index is 0.444. The van der Waals surface area contributed by atoms with E-state index in [0.717, 1.165) is 16.8 Å². The van der Waals surface area contributed by atoms with Gasteiger partial charge in [-0.25, -0.2) is 9.50 Å². The zero-order valence-electron chi connectivity index (χ0n) is 18.4. The molecule has 2 aromatic carbocycles. The molecule has 1 N–H and O–H groups in total. The lowest BCUT2D eigenvalue weighted by molar-refractivity contribution is 0.562. The summed E-state index contributed by atoms with van der Waals surface area (Å²) in [5.74, 6) is 0.962. The van der Waals surface area contributed by atoms with E-state index < -0.39 is 0 Å². The summed E-state index contributed by atoms with van der Waals surface area (Å²) in [4.78, 5) is 4.81. The maximum absolute atomic E-state index is 4.81. The third-order valence-electron chi connectivity index (χ3n) is 6.70. The Labute approximate surface area is 191 Å². The standard InChI is InChI=1S/C26H25N7/c1-2-5-11-21(10-4-1)24-22(20-14-12-19(13-15-20)18-8-6-3-7-9-18)16-27-26-23(17-28-33(24)26)25-29-31-32-30-25/h3,6-9,12-17,21H,1-2,4-5,10-11H2,(H,29,30,31,32). The Morgan fingerprint density at radius 2 is 1.48 bits per heavy atom. The molecule has 7 nitrogen and oxygen atoms in total. The lowest BCUT2D eigenvalue weighted by atomic mass is 9.90. The molecule has 1 fully saturated rings. The second kappa shape index (κ2) is 8.58. The zero-order chi connectivity index (χ0) is 22.0. The van der Waals surface area contributed by atoms with Gasteiger partial charge in [-0.05, 0) is 34.7 Å². The van der Waals surface area contributed by atoms with Crippen molar-refractivity contribution in [2.45, 2.75) is 44.4 Å². The average Bonchev–Trinajstić information content (AvgIpc) is 3.48. The molecule has 164 valence electrons. The highest BCUT2D eigenvalue weighted by atomic mass is 15.5. The van der Waals surface area contributed by atoms with Crippen LogP contribution in [-0.4, -0.2) is 35.2 Å². The molecule has 0 spiro atoms. The van der Waals surface area contributed by atoms with E-state index in [4.69, 9.17) is 10.1 Å². The molecule has 0 aliphatic heterocycles. The van der Waals surface area contributed by atoms with Gasteiger partial charge < -0.3 is 0 Å². The molecular formula is C26H25N7. The molecule has 0 unspecified atom stereocenters. The number of rotatable bonds is 4. The van der Waals surface area contributed by atoms with Crippen LogP contribution in [-0.2, 0) is 0 Å². The third kappa shape index (κ3) is 3.69. The maximum Gasteiger partial charge on any atom is 0.210 e. The van der Waals surface area contributed by atoms with Crippen molar-refractivity contribution in [2.24, 2.45) is 0 Å². The van der Waals surface area contributed by atoms with Crippen molar-refractivity contribution in [1.82, 2.24) is 35.2 Å². The first-order valence-electron chi connectivity index (χ1n) is 11.6. The van der Waals surface area contributed by atoms with Crippen molar-refractivity contribution in [3.63, 3.8) is 0 Å². The second-order valence-electron chi connectivity index (χ2n) is 8.72. The first kappa shape index (κ1) is 19.8. The van der Waals surface area contributed by atoms with Crippen molar-refractivity contribution in [1.29, 1.82) is 0 Å². The molecule has 0 saturated heterocycles. The van der Waals surface area contributed by atoms with Crippen LogP contribution in [0.1, 0.15) is 50.1 Å². The van der Waals surface area contributed by atoms with E-state index in [2.05, 4.69) is 69.2 Å². The number of tetrazole rings is 1. The predicted octanol–water partition coefficient (Wildman–Crippen LogP) is 5.68. The molecule has 3 heterocycles. The van der Waals surface area contributed by atoms with E-state index in [1.54, 1.807) is 6.20 Å². The zero-order valence-corrected chi connectivity index (χ0v) is 18.4. The highest BCUT2D eigenvalue weighted by molar-refractivity contribution is 5.76. The SMILES string of the molecule is c1ccc(-c2ccc(-c3cnc4c(-c5nn[nH]n5)cnn4c3C3CCCCCC3)cc2)cc1. The van der Waals surface area contributed by atoms with Gasteiger partial charge in [0.2, 0.25) is 5.82 Å². The monoisotopic (exact) mass is 435 g/mol. The largest absolute Gasteiger partial charge is 0.236 e. The lowest BCUT2D eigenvalue weighted by Gasteiger charge is -2.20. The Morgan fingerprint density at radius 1 is 0.758 bits per heavy atom. The van der Waals surface area contributed by atoms with Crippen LogP contribution >= 0.6 is 0 Å². The van der Waals surface area contributed by atoms with Gasteiger partial charge in [-0.15, -0.1) is 10.2 Å². The quantitative estimate of drug-likeness (QED) is 0.367. The van der Waals surface area contributed by atoms with Crippen molar-refractivity contribution >= 4 is 5.65 Å². The van der Waals surface area contributed by atoms with Crippen molar-refractivity contribution < 1.29 is 0 Å². The molecular weight excluding hydrogens is 410 g/mol. The van der Waals surface area contributed by atoms with Crippen LogP contribution in [0.5, 0.6) is 0 Å². The van der Waals surface area contributed by atoms with Crippen LogP contribution in [0.15, 0.2) is 67.0 Å². The van der Waals surface area contributed by atoms with E-state index in [-0.39, 0.29) is 0 Å². The second-order valence-corrected chi connectivity index (χ2v) is 8.72. The van der Waals surface area contributed by atoms with Gasteiger partial charge in [0.1, 0.15) is 0 Å². The fourth-order valence-corrected chi connectivity index (χ4v) is 5.02. The highest BCUT2D eigenvalue weighted by Crippen LogP contribution is 2.38. The Morgan fingerprint density at radius 3 is 2.21 bits per heavy atom. The first-order valence-corrected chi connectivity index (χ1v) is 11.6. The number of hydrogen-bond donors (Lipinski definition) is 1. The first-order chi connectivity index (χ1) is 16.4. The third-order valence-corrected chi connectivity index (χ3v) is 6.70. The van der Waals surface area contributed by atoms with Crippen LogP contribution in [0.25, 0.3) is 39.3 Å². The summed E-state index contributed by atoms with van der Waals surface area (Å²) >= 11 is 0. The summed E-state index contributed by atoms with van der Waals surface area (Å²) in [6.45, 7) is 0. The topological polar surface area (TPSA) is 84.6 Å². The fourth-order valence-electron chi connectivity index (χ4n) is 5.02. The summed E-state index contributed by atoms with van der Waals surface area (Å²) in [6, 6.07) is 19.3. The average molecular weight is 436 g/mol. The van der Waals surface area contributed by atoms with Gasteiger partial charge in [-0.3, -0.25) is 0 Å². The Hall–Kier alpha value is -3.87. The van der Waals surface area contributed by atoms with E-state index in [9.17, 15) is 0 Å². The molecule has 3 aromatic heterocycles. The van der Waals surface area contributed by atoms with E-state index >= 15 is 0 Å². The number of H-pyrrole nitrogens is 1. The van der Waals surface area contributed by atoms with Gasteiger partial charge in [-0.1, -0.05) is 80.3 Å². The summed E-state index contributed by atoms with van der Waals surface area (Å²) < 4.78 is 2.02. The van der Waals surface area contributed by atoms with E-state index in [0.29, 0.717) is 11.7 Å². The van der Waals surface area contributed by atoms with Crippen molar-refractivity contribution in [3.8, 4) is 33.6 Å². The molecule has 6 rings (SSSR count). The predicted molar refractivity (Wildman–Crippen MR) is 127 cm³/mol. The maximum atomic E-state index is 4.81. The molecule has 0 radical (unpaired) electrons. The summed E-state index contributed by atoms with van der Waals surface area (Å²) in [5, 5.41) is 19.3. The minimum absolute atomic E-state index is 0.444. The van der Waals surface area contributed by atoms with E-state index in [1.165, 1.54) is 60.9 Å². The molecule has 0 amide bonds. The van der Waals surface area contributed by atoms with Gasteiger partial charge in [0.15, 0.2) is 5.65 Å². The van der Waals surface area contributed by atoms with Gasteiger partial charge in [0.05, 0.1) is 17.5 Å². The Kier molecular flexibility index (Phi) is 5.14. The molecule has 5 aromatic rings. The van der Waals surface area contributed by atoms with Gasteiger partial charge in [0, 0.05) is 17.7 Å². The van der Waals surface area contributed by atoms with Crippen molar-refractivity contribution in [2.75, 3.05) is 0 Å². The molecule has 1 aliphatic rings. The van der Waals surface area contributed by atoms with Crippen LogP contribution in [0.2, 0.25) is 0 Å². The highest BCUT2D eigenvalue weighted by Gasteiger charge is 2.24. The molecule has 33 heavy (non-hydrogen) atoms. The van der Waals surface area contributed by atoms with Crippen LogP contribution in [0, 0.1) is 0 Å². The van der Waals surface area contributed by atoms with Crippen LogP contribution < -0.4 is 0 Å². The number of nitrogens with zero attached hydrogens (tertiary/aromatic N) is 6. The number of aromatic nitrogens is 7. The lowest BCUT2D eigenvalue weighted by Crippen LogP contribution is -2.09. The van der Waals surface area contributed by atoms with Crippen molar-refractivity contribution in [3.05, 3.63) is 72.7 Å². The normalized spacial score (nSPS) is 15.0. The Bertz CT molecular complexity index is 1350. The van der Waals surface area contributed by atoms with Crippen LogP contribution in [0.4, 0.5) is 0 Å². The molecule has 1 saturated carbocycles. The van der Waals surface area contributed by atoms with Gasteiger partial charge in [-0.2, -0.15) is 10.3 Å². The minimum Gasteiger partial charge on any atom is -0.236 e. The summed E-state index contributed by atoms with van der Waals surface area (Å²) in [6.07, 6.45) is 11.3. The number of fused-ring (bicyclic) bond motifs is 1. The van der Waals surface area contributed by atoms with E-state index in [1.807, 2.05) is 16.8 Å². The number of aromatic amines is 1.